The Kier molecular flexibility index (Phi) is 5.56. The van der Waals surface area contributed by atoms with Crippen LogP contribution in [0, 0.1) is 24.4 Å². The largest absolute Gasteiger partial charge is 0.328 e. The fraction of sp³-hybridized carbons (Fsp3) is 0.429. The minimum Gasteiger partial charge on any atom is -0.328 e. The van der Waals surface area contributed by atoms with Crippen molar-refractivity contribution in [2.45, 2.75) is 57.8 Å². The number of halogens is 3. The molecule has 0 spiro atoms. The van der Waals surface area contributed by atoms with E-state index in [9.17, 15) is 13.2 Å². The van der Waals surface area contributed by atoms with Gasteiger partial charge in [-0.05, 0) is 38.3 Å². The smallest absolute Gasteiger partial charge is 0.161 e. The molecule has 5 nitrogen and oxygen atoms in total. The molecule has 0 saturated heterocycles. The van der Waals surface area contributed by atoms with Crippen molar-refractivity contribution in [1.82, 2.24) is 19.5 Å². The Bertz CT molecular complexity index is 1020. The van der Waals surface area contributed by atoms with Crippen LogP contribution in [-0.2, 0) is 13.1 Å². The number of rotatable bonds is 1. The highest BCUT2D eigenvalue weighted by Crippen LogP contribution is 2.30. The second-order valence-electron chi connectivity index (χ2n) is 7.83. The number of hydrogen-bond acceptors (Lipinski definition) is 4. The summed E-state index contributed by atoms with van der Waals surface area (Å²) in [5, 5.41) is 4.58. The average Bonchev–Trinajstić information content (AvgIpc) is 3.28. The SMILES string of the molecule is Cc1cc2ncc3c(n2n1)CN(C1CCCC(N)C1)C3.Fc1ccc(F)c(F)c1. The number of nitrogens with two attached hydrogens (primary N) is 1. The number of fused-ring (bicyclic) bond motifs is 3. The molecule has 1 aromatic carbocycles. The summed E-state index contributed by atoms with van der Waals surface area (Å²) < 4.78 is 37.9. The second kappa shape index (κ2) is 8.12. The molecule has 0 bridgehead atoms. The number of hydrogen-bond donors (Lipinski definition) is 1. The fourth-order valence-electron chi connectivity index (χ4n) is 4.16. The van der Waals surface area contributed by atoms with Crippen molar-refractivity contribution >= 4 is 5.65 Å². The van der Waals surface area contributed by atoms with Crippen LogP contribution in [0.4, 0.5) is 13.2 Å². The number of nitrogens with zero attached hydrogens (tertiary/aromatic N) is 4. The van der Waals surface area contributed by atoms with Crippen molar-refractivity contribution in [2.75, 3.05) is 0 Å². The maximum absolute atomic E-state index is 12.0. The van der Waals surface area contributed by atoms with E-state index in [2.05, 4.69) is 15.0 Å². The molecule has 3 aromatic rings. The van der Waals surface area contributed by atoms with Gasteiger partial charge in [0.1, 0.15) is 5.82 Å². The van der Waals surface area contributed by atoms with Crippen LogP contribution in [0.25, 0.3) is 5.65 Å². The van der Waals surface area contributed by atoms with Crippen molar-refractivity contribution < 1.29 is 13.2 Å². The van der Waals surface area contributed by atoms with E-state index in [0.717, 1.165) is 43.0 Å². The maximum atomic E-state index is 12.0. The summed E-state index contributed by atoms with van der Waals surface area (Å²) in [5.41, 5.74) is 10.8. The average molecular weight is 403 g/mol. The summed E-state index contributed by atoms with van der Waals surface area (Å²) in [4.78, 5) is 7.07. The summed E-state index contributed by atoms with van der Waals surface area (Å²) in [6.07, 6.45) is 6.86. The molecule has 5 rings (SSSR count). The number of benzene rings is 1. The fourth-order valence-corrected chi connectivity index (χ4v) is 4.16. The first-order valence-electron chi connectivity index (χ1n) is 9.84. The Morgan fingerprint density at radius 1 is 1.07 bits per heavy atom. The van der Waals surface area contributed by atoms with E-state index in [0.29, 0.717) is 18.2 Å². The first-order valence-corrected chi connectivity index (χ1v) is 9.84. The Labute approximate surface area is 167 Å². The zero-order chi connectivity index (χ0) is 20.5. The van der Waals surface area contributed by atoms with Crippen molar-refractivity contribution in [3.63, 3.8) is 0 Å². The lowest BCUT2D eigenvalue weighted by atomic mass is 9.91. The van der Waals surface area contributed by atoms with E-state index in [1.54, 1.807) is 0 Å². The van der Waals surface area contributed by atoms with Gasteiger partial charge in [0, 0.05) is 49.1 Å². The third-order valence-electron chi connectivity index (χ3n) is 5.60. The summed E-state index contributed by atoms with van der Waals surface area (Å²) >= 11 is 0. The monoisotopic (exact) mass is 403 g/mol. The van der Waals surface area contributed by atoms with Gasteiger partial charge in [-0.25, -0.2) is 22.7 Å². The Hall–Kier alpha value is -2.45. The standard InChI is InChI=1S/C15H21N5.C6H3F3/c1-10-5-15-17-7-11-8-19(9-14(11)20(15)18-10)13-4-2-3-12(16)6-13;7-4-1-2-5(8)6(9)3-4/h5,7,12-13H,2-4,6,8-9,16H2,1H3;1-3H. The van der Waals surface area contributed by atoms with E-state index < -0.39 is 17.5 Å². The van der Waals surface area contributed by atoms with Gasteiger partial charge in [-0.3, -0.25) is 4.90 Å². The molecule has 1 aliphatic heterocycles. The Balaban J connectivity index is 0.000000192. The molecule has 8 heteroatoms. The first-order chi connectivity index (χ1) is 13.9. The van der Waals surface area contributed by atoms with Crippen LogP contribution >= 0.6 is 0 Å². The Morgan fingerprint density at radius 3 is 2.62 bits per heavy atom. The highest BCUT2D eigenvalue weighted by molar-refractivity contribution is 5.42. The molecule has 2 aromatic heterocycles. The van der Waals surface area contributed by atoms with Gasteiger partial charge in [0.2, 0.25) is 0 Å². The molecule has 1 fully saturated rings. The number of aryl methyl sites for hydroxylation is 1. The summed E-state index contributed by atoms with van der Waals surface area (Å²) in [5.74, 6) is -2.96. The molecular formula is C21H24F3N5. The quantitative estimate of drug-likeness (QED) is 0.629. The highest BCUT2D eigenvalue weighted by Gasteiger charge is 2.31. The van der Waals surface area contributed by atoms with Gasteiger partial charge in [-0.15, -0.1) is 0 Å². The van der Waals surface area contributed by atoms with Crippen molar-refractivity contribution in [3.05, 3.63) is 64.9 Å². The maximum Gasteiger partial charge on any atom is 0.161 e. The van der Waals surface area contributed by atoms with Gasteiger partial charge < -0.3 is 5.73 Å². The lowest BCUT2D eigenvalue weighted by molar-refractivity contribution is 0.146. The molecule has 0 radical (unpaired) electrons. The van der Waals surface area contributed by atoms with Crippen LogP contribution in [0.5, 0.6) is 0 Å². The van der Waals surface area contributed by atoms with Crippen LogP contribution in [0.1, 0.15) is 42.6 Å². The minimum absolute atomic E-state index is 0.377. The normalized spacial score (nSPS) is 21.7. The van der Waals surface area contributed by atoms with Gasteiger partial charge >= 0.3 is 0 Å². The molecule has 2 atom stereocenters. The molecule has 3 heterocycles. The molecule has 29 heavy (non-hydrogen) atoms. The molecule has 1 aliphatic carbocycles. The topological polar surface area (TPSA) is 59.5 Å². The molecule has 2 N–H and O–H groups in total. The lowest BCUT2D eigenvalue weighted by Gasteiger charge is -2.33. The molecular weight excluding hydrogens is 379 g/mol. The third kappa shape index (κ3) is 4.28. The zero-order valence-corrected chi connectivity index (χ0v) is 16.3. The summed E-state index contributed by atoms with van der Waals surface area (Å²) in [6.45, 7) is 4.00. The summed E-state index contributed by atoms with van der Waals surface area (Å²) in [7, 11) is 0. The summed E-state index contributed by atoms with van der Waals surface area (Å²) in [6, 6.07) is 5.14. The predicted octanol–water partition coefficient (Wildman–Crippen LogP) is 3.73. The predicted molar refractivity (Wildman–Crippen MR) is 104 cm³/mol. The van der Waals surface area contributed by atoms with E-state index in [-0.39, 0.29) is 0 Å². The first kappa shape index (κ1) is 19.8. The van der Waals surface area contributed by atoms with E-state index in [1.807, 2.05) is 23.7 Å². The lowest BCUT2D eigenvalue weighted by Crippen LogP contribution is -2.40. The highest BCUT2D eigenvalue weighted by atomic mass is 19.2. The van der Waals surface area contributed by atoms with E-state index in [4.69, 9.17) is 5.73 Å². The van der Waals surface area contributed by atoms with Gasteiger partial charge in [0.15, 0.2) is 17.3 Å². The van der Waals surface area contributed by atoms with Gasteiger partial charge in [-0.2, -0.15) is 5.10 Å². The molecule has 0 amide bonds. The van der Waals surface area contributed by atoms with Gasteiger partial charge in [0.05, 0.1) is 11.4 Å². The van der Waals surface area contributed by atoms with Crippen molar-refractivity contribution in [1.29, 1.82) is 0 Å². The van der Waals surface area contributed by atoms with Crippen LogP contribution < -0.4 is 5.73 Å². The van der Waals surface area contributed by atoms with Crippen LogP contribution in [0.15, 0.2) is 30.5 Å². The van der Waals surface area contributed by atoms with Crippen molar-refractivity contribution in [3.8, 4) is 0 Å². The zero-order valence-electron chi connectivity index (χ0n) is 16.3. The molecule has 154 valence electrons. The van der Waals surface area contributed by atoms with E-state index in [1.165, 1.54) is 30.5 Å². The van der Waals surface area contributed by atoms with Crippen molar-refractivity contribution in [2.24, 2.45) is 5.73 Å². The van der Waals surface area contributed by atoms with Gasteiger partial charge in [-0.1, -0.05) is 6.42 Å². The van der Waals surface area contributed by atoms with E-state index >= 15 is 0 Å². The van der Waals surface area contributed by atoms with Crippen LogP contribution in [0.3, 0.4) is 0 Å². The van der Waals surface area contributed by atoms with Crippen LogP contribution in [-0.4, -0.2) is 31.6 Å². The Morgan fingerprint density at radius 2 is 1.90 bits per heavy atom. The second-order valence-corrected chi connectivity index (χ2v) is 7.83. The molecule has 2 unspecified atom stereocenters. The minimum atomic E-state index is -1.16. The van der Waals surface area contributed by atoms with Crippen LogP contribution in [0.2, 0.25) is 0 Å². The third-order valence-corrected chi connectivity index (χ3v) is 5.60. The van der Waals surface area contributed by atoms with Gasteiger partial charge in [0.25, 0.3) is 0 Å². The molecule has 1 saturated carbocycles. The number of aromatic nitrogens is 3. The molecule has 2 aliphatic rings.